The number of hydrogen-bond donors (Lipinski definition) is 0. The molecule has 0 aromatic carbocycles. The molecule has 0 saturated carbocycles. The van der Waals surface area contributed by atoms with Crippen molar-refractivity contribution in [1.29, 1.82) is 0 Å². The molecule has 0 rings (SSSR count). The Bertz CT molecular complexity index is 8.00. The first-order valence-corrected chi connectivity index (χ1v) is 6.25. The standard InChI is InChI=1S/Md.Mg.Mn.Mo.2H. The van der Waals surface area contributed by atoms with E-state index < -0.39 is 0 Å². The van der Waals surface area contributed by atoms with Crippen LogP contribution in [0.5, 0.6) is 0 Å². The summed E-state index contributed by atoms with van der Waals surface area (Å²) in [6, 6.07) is 0. The molecule has 0 aromatic heterocycles. The van der Waals surface area contributed by atoms with Crippen molar-refractivity contribution in [3.63, 3.8) is 0 Å². The van der Waals surface area contributed by atoms with Crippen molar-refractivity contribution < 1.29 is 38.1 Å². The van der Waals surface area contributed by atoms with Gasteiger partial charge in [-0.05, 0) is 0 Å². The van der Waals surface area contributed by atoms with Gasteiger partial charge in [-0.25, -0.2) is 0 Å². The van der Waals surface area contributed by atoms with E-state index in [0.29, 0.717) is 0 Å². The Kier molecular flexibility index (Phi) is 187. The zero-order valence-corrected chi connectivity index (χ0v) is 6.56. The fraction of sp³-hybridized carbons (Fsp3) is 0. The van der Waals surface area contributed by atoms with Gasteiger partial charge >= 0.3 is 44.1 Å². The molecule has 4 heteroatoms. The summed E-state index contributed by atoms with van der Waals surface area (Å²) in [5.74, 6) is 0. The molecule has 0 bridgehead atoms. The molecular weight excluding hydrogens is 433 g/mol. The van der Waals surface area contributed by atoms with E-state index in [-0.39, 0.29) is 40.1 Å². The van der Waals surface area contributed by atoms with Gasteiger partial charge in [0, 0.05) is 17.1 Å². The molecule has 0 N–H and O–H groups in total. The summed E-state index contributed by atoms with van der Waals surface area (Å²) >= 11 is 1.93. The first-order valence-electron chi connectivity index (χ1n) is 0.113. The first kappa shape index (κ1) is 20.2. The summed E-state index contributed by atoms with van der Waals surface area (Å²) in [4.78, 5) is 0. The second-order valence-electron chi connectivity index (χ2n) is 0. The molecule has 0 aliphatic carbocycles. The molecule has 30 valence electrons. The summed E-state index contributed by atoms with van der Waals surface area (Å²) in [5, 5.41) is 0. The quantitative estimate of drug-likeness (QED) is 0.432. The SMILES string of the molecule is [MgH2].[Mn].[Mo][Md]. The van der Waals surface area contributed by atoms with Gasteiger partial charge in [-0.3, -0.25) is 0 Å². The second kappa shape index (κ2) is 37.0. The van der Waals surface area contributed by atoms with Crippen molar-refractivity contribution in [2.45, 2.75) is 0 Å². The molecule has 1 radical (unpaired) electrons. The van der Waals surface area contributed by atoms with Crippen LogP contribution in [-0.2, 0) is 38.1 Å². The van der Waals surface area contributed by atoms with Crippen molar-refractivity contribution in [3.05, 3.63) is 0 Å². The van der Waals surface area contributed by atoms with Crippen molar-refractivity contribution >= 4 is 23.1 Å². The van der Waals surface area contributed by atoms with Crippen molar-refractivity contribution in [3.8, 4) is 0 Å². The molecule has 0 spiro atoms. The normalized spacial score (nSPS) is 1.50. The molecule has 0 amide bonds. The van der Waals surface area contributed by atoms with Gasteiger partial charge in [-0.1, -0.05) is 0 Å². The Morgan fingerprint density at radius 1 is 1.25 bits per heavy atom. The predicted molar refractivity (Wildman–Crippen MR) is 8.54 cm³/mol. The summed E-state index contributed by atoms with van der Waals surface area (Å²) < 4.78 is 2.09. The maximum absolute atomic E-state index is 2.09. The fourth-order valence-corrected chi connectivity index (χ4v) is 0. The van der Waals surface area contributed by atoms with Gasteiger partial charge in [0.25, 0.3) is 0 Å². The maximum atomic E-state index is 2.09. The van der Waals surface area contributed by atoms with Gasteiger partial charge in [-0.15, -0.1) is 0 Å². The van der Waals surface area contributed by atoms with Crippen LogP contribution >= 0.6 is 0 Å². The Morgan fingerprint density at radius 3 is 1.25 bits per heavy atom. The zero-order valence-electron chi connectivity index (χ0n) is 1.06. The zero-order chi connectivity index (χ0) is 2.00. The third kappa shape index (κ3) is 12.2. The van der Waals surface area contributed by atoms with E-state index in [1.807, 2.05) is 21.1 Å². The molecule has 0 nitrogen and oxygen atoms in total. The van der Waals surface area contributed by atoms with Gasteiger partial charge in [0.1, 0.15) is 0 Å². The van der Waals surface area contributed by atoms with Gasteiger partial charge in [0.2, 0.25) is 0 Å². The van der Waals surface area contributed by atoms with Crippen LogP contribution in [0.25, 0.3) is 0 Å². The van der Waals surface area contributed by atoms with Crippen molar-refractivity contribution in [2.24, 2.45) is 0 Å². The minimum absolute atomic E-state index is 0. The molecule has 0 atom stereocenters. The summed E-state index contributed by atoms with van der Waals surface area (Å²) in [6.45, 7) is 0. The van der Waals surface area contributed by atoms with Crippen LogP contribution in [0.4, 0.5) is 0 Å². The van der Waals surface area contributed by atoms with E-state index in [4.69, 9.17) is 0 Å². The Morgan fingerprint density at radius 2 is 1.25 bits per heavy atom. The number of hydrogen-bond acceptors (Lipinski definition) is 0. The second-order valence-corrected chi connectivity index (χ2v) is 0. The van der Waals surface area contributed by atoms with Crippen molar-refractivity contribution in [1.82, 2.24) is 0 Å². The summed E-state index contributed by atoms with van der Waals surface area (Å²) in [7, 11) is 0. The third-order valence-corrected chi connectivity index (χ3v) is 0. The summed E-state index contributed by atoms with van der Waals surface area (Å²) in [6.07, 6.45) is 0. The average molecular weight is 435 g/mol. The van der Waals surface area contributed by atoms with Crippen LogP contribution in [0, 0.1) is 0 Å². The molecule has 0 aliphatic rings. The Hall–Kier alpha value is 0.974. The van der Waals surface area contributed by atoms with Crippen LogP contribution < -0.4 is 0 Å². The van der Waals surface area contributed by atoms with Crippen LogP contribution in [0.15, 0.2) is 0 Å². The molecular formula is H2MdMgMnMo. The van der Waals surface area contributed by atoms with Gasteiger partial charge in [0.05, 0.1) is 0 Å². The van der Waals surface area contributed by atoms with E-state index in [1.54, 1.807) is 0 Å². The van der Waals surface area contributed by atoms with E-state index in [1.165, 1.54) is 0 Å². The van der Waals surface area contributed by atoms with E-state index in [2.05, 4.69) is 0 Å². The molecule has 0 unspecified atom stereocenters. The molecule has 0 heterocycles. The Balaban J connectivity index is -0.00000000500. The minimum atomic E-state index is 0. The van der Waals surface area contributed by atoms with E-state index in [0.717, 1.165) is 0 Å². The topological polar surface area (TPSA) is 0 Å². The van der Waals surface area contributed by atoms with E-state index in [9.17, 15) is 0 Å². The monoisotopic (exact) mass is 437 g/mol. The van der Waals surface area contributed by atoms with Crippen LogP contribution in [0.2, 0.25) is 0 Å². The molecule has 0 aromatic rings. The molecule has 0 aliphatic heterocycles. The fourth-order valence-electron chi connectivity index (χ4n) is 0. The average Bonchev–Trinajstić information content (AvgIpc) is 1.00. The van der Waals surface area contributed by atoms with Crippen LogP contribution in [0.1, 0.15) is 0 Å². The summed E-state index contributed by atoms with van der Waals surface area (Å²) in [5.41, 5.74) is 0. The van der Waals surface area contributed by atoms with Crippen LogP contribution in [-0.4, -0.2) is 23.1 Å². The van der Waals surface area contributed by atoms with Gasteiger partial charge in [0.15, 0.2) is 0 Å². The molecule has 0 fully saturated rings. The molecule has 4 heavy (non-hydrogen) atoms. The Labute approximate surface area is 60.6 Å². The predicted octanol–water partition coefficient (Wildman–Crippen LogP) is -0.921. The van der Waals surface area contributed by atoms with Crippen LogP contribution in [0.3, 0.4) is 0 Å². The van der Waals surface area contributed by atoms with E-state index >= 15 is 0 Å². The van der Waals surface area contributed by atoms with Gasteiger partial charge in [-0.2, -0.15) is 0 Å². The first-order chi connectivity index (χ1) is 1.00. The third-order valence-electron chi connectivity index (χ3n) is 0. The van der Waals surface area contributed by atoms with Gasteiger partial charge < -0.3 is 0 Å². The van der Waals surface area contributed by atoms with Crippen molar-refractivity contribution in [2.75, 3.05) is 0 Å². The number of rotatable bonds is 0. The molecule has 0 saturated heterocycles.